The summed E-state index contributed by atoms with van der Waals surface area (Å²) in [5.41, 5.74) is 6.60. The Hall–Kier alpha value is -0.770. The summed E-state index contributed by atoms with van der Waals surface area (Å²) >= 11 is 5.81. The molecule has 5 heteroatoms. The zero-order valence-corrected chi connectivity index (χ0v) is 13.3. The van der Waals surface area contributed by atoms with Gasteiger partial charge in [0.2, 0.25) is 5.91 Å². The first-order valence-corrected chi connectivity index (χ1v) is 7.31. The average Bonchev–Trinajstić information content (AvgIpc) is 2.41. The van der Waals surface area contributed by atoms with Gasteiger partial charge in [-0.25, -0.2) is 0 Å². The Labute approximate surface area is 132 Å². The van der Waals surface area contributed by atoms with Gasteiger partial charge >= 0.3 is 0 Å². The van der Waals surface area contributed by atoms with E-state index in [1.165, 1.54) is 5.56 Å². The minimum Gasteiger partial charge on any atom is -0.356 e. The lowest BCUT2D eigenvalue weighted by molar-refractivity contribution is -0.121. The SMILES string of the molecule is Cl.NCCCCCCC(=O)NCCc1ccc(Cl)cc1. The van der Waals surface area contributed by atoms with Gasteiger partial charge in [0.1, 0.15) is 0 Å². The van der Waals surface area contributed by atoms with E-state index in [4.69, 9.17) is 17.3 Å². The molecule has 0 unspecified atom stereocenters. The van der Waals surface area contributed by atoms with E-state index in [2.05, 4.69) is 5.32 Å². The molecule has 1 aromatic carbocycles. The molecule has 0 aliphatic rings. The third kappa shape index (κ3) is 9.18. The van der Waals surface area contributed by atoms with E-state index in [-0.39, 0.29) is 18.3 Å². The van der Waals surface area contributed by atoms with Crippen LogP contribution in [-0.4, -0.2) is 19.0 Å². The first-order chi connectivity index (χ1) is 9.22. The van der Waals surface area contributed by atoms with Gasteiger partial charge in [-0.15, -0.1) is 12.4 Å². The van der Waals surface area contributed by atoms with Crippen LogP contribution in [0.3, 0.4) is 0 Å². The van der Waals surface area contributed by atoms with Crippen molar-refractivity contribution < 1.29 is 4.79 Å². The monoisotopic (exact) mass is 318 g/mol. The molecule has 0 heterocycles. The number of rotatable bonds is 9. The van der Waals surface area contributed by atoms with E-state index in [1.54, 1.807) is 0 Å². The number of benzene rings is 1. The van der Waals surface area contributed by atoms with Crippen molar-refractivity contribution in [3.05, 3.63) is 34.9 Å². The van der Waals surface area contributed by atoms with Gasteiger partial charge in [-0.1, -0.05) is 36.6 Å². The maximum Gasteiger partial charge on any atom is 0.220 e. The third-order valence-electron chi connectivity index (χ3n) is 3.01. The molecule has 20 heavy (non-hydrogen) atoms. The van der Waals surface area contributed by atoms with Crippen LogP contribution in [0, 0.1) is 0 Å². The van der Waals surface area contributed by atoms with E-state index in [0.29, 0.717) is 13.0 Å². The van der Waals surface area contributed by atoms with Crippen LogP contribution in [0.5, 0.6) is 0 Å². The van der Waals surface area contributed by atoms with Gasteiger partial charge in [-0.05, 0) is 43.5 Å². The highest BCUT2D eigenvalue weighted by molar-refractivity contribution is 6.30. The number of unbranched alkanes of at least 4 members (excludes halogenated alkanes) is 3. The fourth-order valence-corrected chi connectivity index (χ4v) is 2.00. The average molecular weight is 319 g/mol. The molecule has 114 valence electrons. The summed E-state index contributed by atoms with van der Waals surface area (Å²) in [6, 6.07) is 7.72. The lowest BCUT2D eigenvalue weighted by Crippen LogP contribution is -2.25. The predicted octanol–water partition coefficient (Wildman–Crippen LogP) is 3.33. The summed E-state index contributed by atoms with van der Waals surface area (Å²) in [5.74, 6) is 0.140. The molecule has 0 atom stereocenters. The van der Waals surface area contributed by atoms with Crippen molar-refractivity contribution in [1.82, 2.24) is 5.32 Å². The molecule has 1 aromatic rings. The number of halogens is 2. The molecule has 0 aliphatic carbocycles. The first kappa shape index (κ1) is 19.2. The molecular formula is C15H24Cl2N2O. The topological polar surface area (TPSA) is 55.1 Å². The molecule has 3 N–H and O–H groups in total. The summed E-state index contributed by atoms with van der Waals surface area (Å²) in [5, 5.41) is 3.68. The van der Waals surface area contributed by atoms with E-state index in [9.17, 15) is 4.79 Å². The summed E-state index contributed by atoms with van der Waals surface area (Å²) in [6.45, 7) is 1.43. The number of nitrogens with two attached hydrogens (primary N) is 1. The van der Waals surface area contributed by atoms with Crippen LogP contribution in [0.25, 0.3) is 0 Å². The molecule has 0 aromatic heterocycles. The van der Waals surface area contributed by atoms with E-state index in [0.717, 1.165) is 43.7 Å². The molecule has 0 saturated carbocycles. The molecule has 1 amide bonds. The second kappa shape index (κ2) is 12.0. The minimum atomic E-state index is 0. The van der Waals surface area contributed by atoms with E-state index < -0.39 is 0 Å². The Morgan fingerprint density at radius 3 is 2.40 bits per heavy atom. The Kier molecular flexibility index (Phi) is 11.5. The smallest absolute Gasteiger partial charge is 0.220 e. The Morgan fingerprint density at radius 1 is 1.10 bits per heavy atom. The van der Waals surface area contributed by atoms with Crippen LogP contribution < -0.4 is 11.1 Å². The Bertz CT molecular complexity index is 369. The molecule has 0 radical (unpaired) electrons. The standard InChI is InChI=1S/C15H23ClN2O.ClH/c16-14-8-6-13(7-9-14)10-12-18-15(19)5-3-1-2-4-11-17;/h6-9H,1-5,10-12,17H2,(H,18,19);1H. The highest BCUT2D eigenvalue weighted by atomic mass is 35.5. The number of hydrogen-bond acceptors (Lipinski definition) is 2. The van der Waals surface area contributed by atoms with Crippen molar-refractivity contribution >= 4 is 29.9 Å². The molecule has 0 saturated heterocycles. The number of hydrogen-bond donors (Lipinski definition) is 2. The summed E-state index contributed by atoms with van der Waals surface area (Å²) < 4.78 is 0. The highest BCUT2D eigenvalue weighted by Gasteiger charge is 2.00. The molecule has 0 bridgehead atoms. The van der Waals surface area contributed by atoms with Gasteiger partial charge in [0.25, 0.3) is 0 Å². The van der Waals surface area contributed by atoms with Gasteiger partial charge in [0.05, 0.1) is 0 Å². The van der Waals surface area contributed by atoms with Gasteiger partial charge in [-0.3, -0.25) is 4.79 Å². The molecular weight excluding hydrogens is 295 g/mol. The van der Waals surface area contributed by atoms with E-state index >= 15 is 0 Å². The number of nitrogens with one attached hydrogen (secondary N) is 1. The maximum atomic E-state index is 11.6. The van der Waals surface area contributed by atoms with Gasteiger partial charge in [0, 0.05) is 18.0 Å². The molecule has 0 aliphatic heterocycles. The summed E-state index contributed by atoms with van der Waals surface area (Å²) in [7, 11) is 0. The second-order valence-electron chi connectivity index (χ2n) is 4.68. The Balaban J connectivity index is 0.00000361. The van der Waals surface area contributed by atoms with Crippen LogP contribution >= 0.6 is 24.0 Å². The third-order valence-corrected chi connectivity index (χ3v) is 3.26. The fourth-order valence-electron chi connectivity index (χ4n) is 1.87. The zero-order chi connectivity index (χ0) is 13.9. The Morgan fingerprint density at radius 2 is 1.75 bits per heavy atom. The van der Waals surface area contributed by atoms with Crippen molar-refractivity contribution in [1.29, 1.82) is 0 Å². The van der Waals surface area contributed by atoms with Crippen molar-refractivity contribution in [3.8, 4) is 0 Å². The molecule has 0 spiro atoms. The van der Waals surface area contributed by atoms with Crippen LogP contribution in [0.2, 0.25) is 5.02 Å². The van der Waals surface area contributed by atoms with Crippen molar-refractivity contribution in [2.24, 2.45) is 5.73 Å². The van der Waals surface area contributed by atoms with Crippen LogP contribution in [-0.2, 0) is 11.2 Å². The quantitative estimate of drug-likeness (QED) is 0.686. The van der Waals surface area contributed by atoms with Gasteiger partial charge < -0.3 is 11.1 Å². The van der Waals surface area contributed by atoms with E-state index in [1.807, 2.05) is 24.3 Å². The maximum absolute atomic E-state index is 11.6. The fraction of sp³-hybridized carbons (Fsp3) is 0.533. The van der Waals surface area contributed by atoms with Crippen LogP contribution in [0.15, 0.2) is 24.3 Å². The highest BCUT2D eigenvalue weighted by Crippen LogP contribution is 2.09. The lowest BCUT2D eigenvalue weighted by atomic mass is 10.1. The molecule has 3 nitrogen and oxygen atoms in total. The van der Waals surface area contributed by atoms with Gasteiger partial charge in [0.15, 0.2) is 0 Å². The zero-order valence-electron chi connectivity index (χ0n) is 11.7. The summed E-state index contributed by atoms with van der Waals surface area (Å²) in [4.78, 5) is 11.6. The minimum absolute atomic E-state index is 0. The number of carbonyl (C=O) groups excluding carboxylic acids is 1. The van der Waals surface area contributed by atoms with Crippen molar-refractivity contribution in [3.63, 3.8) is 0 Å². The van der Waals surface area contributed by atoms with Crippen molar-refractivity contribution in [2.45, 2.75) is 38.5 Å². The van der Waals surface area contributed by atoms with Gasteiger partial charge in [-0.2, -0.15) is 0 Å². The molecule has 0 fully saturated rings. The molecule has 1 rings (SSSR count). The normalized spacial score (nSPS) is 9.90. The number of amides is 1. The van der Waals surface area contributed by atoms with Crippen molar-refractivity contribution in [2.75, 3.05) is 13.1 Å². The lowest BCUT2D eigenvalue weighted by Gasteiger charge is -2.05. The predicted molar refractivity (Wildman–Crippen MR) is 87.6 cm³/mol. The van der Waals surface area contributed by atoms with Crippen LogP contribution in [0.4, 0.5) is 0 Å². The second-order valence-corrected chi connectivity index (χ2v) is 5.12. The number of carbonyl (C=O) groups is 1. The largest absolute Gasteiger partial charge is 0.356 e. The summed E-state index contributed by atoms with van der Waals surface area (Å²) in [6.07, 6.45) is 5.67. The van der Waals surface area contributed by atoms with Crippen LogP contribution in [0.1, 0.15) is 37.7 Å². The first-order valence-electron chi connectivity index (χ1n) is 6.93.